The van der Waals surface area contributed by atoms with E-state index in [4.69, 9.17) is 65.4 Å². The standard InChI is InChI=1S/C22H17Cl4NO5/c1-12(22(28)31-13(2)30-20-8-3-14(23)9-18(20)25)29-16-4-6-17(7-5-16)32-21-19(26)10-15(24)11-27-21/h3-13H,1-2H3. The second-order valence-electron chi connectivity index (χ2n) is 6.47. The molecule has 0 aliphatic heterocycles. The minimum atomic E-state index is -0.889. The molecule has 168 valence electrons. The number of aromatic nitrogens is 1. The second kappa shape index (κ2) is 11.0. The second-order valence-corrected chi connectivity index (χ2v) is 8.16. The zero-order chi connectivity index (χ0) is 23.3. The monoisotopic (exact) mass is 515 g/mol. The van der Waals surface area contributed by atoms with Crippen LogP contribution in [0.4, 0.5) is 0 Å². The van der Waals surface area contributed by atoms with E-state index in [1.807, 2.05) is 0 Å². The van der Waals surface area contributed by atoms with Gasteiger partial charge in [0.1, 0.15) is 22.3 Å². The fraction of sp³-hybridized carbons (Fsp3) is 0.182. The smallest absolute Gasteiger partial charge is 0.350 e. The van der Waals surface area contributed by atoms with Gasteiger partial charge in [0.15, 0.2) is 6.10 Å². The normalized spacial score (nSPS) is 12.6. The third-order valence-electron chi connectivity index (χ3n) is 3.93. The Morgan fingerprint density at radius 2 is 1.50 bits per heavy atom. The third-order valence-corrected chi connectivity index (χ3v) is 4.93. The summed E-state index contributed by atoms with van der Waals surface area (Å²) in [5, 5.41) is 1.47. The first-order valence-corrected chi connectivity index (χ1v) is 10.8. The van der Waals surface area contributed by atoms with Crippen molar-refractivity contribution in [3.63, 3.8) is 0 Å². The Hall–Kier alpha value is -2.38. The summed E-state index contributed by atoms with van der Waals surface area (Å²) >= 11 is 23.8. The average molecular weight is 517 g/mol. The SMILES string of the molecule is CC(OC(=O)C(C)Oc1ccc(Oc2ncc(Cl)cc2Cl)cc1)Oc1ccc(Cl)cc1Cl. The molecule has 1 heterocycles. The van der Waals surface area contributed by atoms with Gasteiger partial charge in [0.25, 0.3) is 0 Å². The van der Waals surface area contributed by atoms with Gasteiger partial charge in [-0.15, -0.1) is 0 Å². The summed E-state index contributed by atoms with van der Waals surface area (Å²) in [6.45, 7) is 3.13. The lowest BCUT2D eigenvalue weighted by molar-refractivity contribution is -0.168. The molecule has 0 amide bonds. The summed E-state index contributed by atoms with van der Waals surface area (Å²) in [5.41, 5.74) is 0. The van der Waals surface area contributed by atoms with Crippen molar-refractivity contribution in [2.24, 2.45) is 0 Å². The molecular weight excluding hydrogens is 500 g/mol. The van der Waals surface area contributed by atoms with Crippen molar-refractivity contribution in [3.05, 3.63) is 74.8 Å². The highest BCUT2D eigenvalue weighted by molar-refractivity contribution is 6.35. The molecule has 10 heteroatoms. The zero-order valence-corrected chi connectivity index (χ0v) is 19.9. The highest BCUT2D eigenvalue weighted by atomic mass is 35.5. The van der Waals surface area contributed by atoms with E-state index in [9.17, 15) is 4.79 Å². The Kier molecular flexibility index (Phi) is 8.32. The number of ether oxygens (including phenoxy) is 4. The van der Waals surface area contributed by atoms with Gasteiger partial charge >= 0.3 is 5.97 Å². The number of benzene rings is 2. The molecule has 0 radical (unpaired) electrons. The largest absolute Gasteiger partial charge is 0.479 e. The summed E-state index contributed by atoms with van der Waals surface area (Å²) in [6.07, 6.45) is -0.348. The number of pyridine rings is 1. The van der Waals surface area contributed by atoms with Crippen molar-refractivity contribution in [1.29, 1.82) is 0 Å². The number of hydrogen-bond donors (Lipinski definition) is 0. The minimum Gasteiger partial charge on any atom is -0.479 e. The van der Waals surface area contributed by atoms with Crippen molar-refractivity contribution in [1.82, 2.24) is 4.98 Å². The Morgan fingerprint density at radius 1 is 0.844 bits per heavy atom. The average Bonchev–Trinajstić information content (AvgIpc) is 2.73. The summed E-state index contributed by atoms with van der Waals surface area (Å²) in [4.78, 5) is 16.3. The first-order valence-electron chi connectivity index (χ1n) is 9.29. The number of nitrogens with zero attached hydrogens (tertiary/aromatic N) is 1. The van der Waals surface area contributed by atoms with Crippen LogP contribution in [-0.2, 0) is 9.53 Å². The lowest BCUT2D eigenvalue weighted by atomic mass is 10.3. The van der Waals surface area contributed by atoms with Crippen LogP contribution in [0.1, 0.15) is 13.8 Å². The molecule has 3 rings (SSSR count). The van der Waals surface area contributed by atoms with E-state index in [1.165, 1.54) is 18.3 Å². The maximum absolute atomic E-state index is 12.3. The maximum atomic E-state index is 12.3. The molecule has 1 aromatic heterocycles. The van der Waals surface area contributed by atoms with Crippen LogP contribution < -0.4 is 14.2 Å². The first-order chi connectivity index (χ1) is 15.2. The van der Waals surface area contributed by atoms with Gasteiger partial charge in [-0.05, 0) is 55.5 Å². The summed E-state index contributed by atoms with van der Waals surface area (Å²) in [5.74, 6) is 0.866. The van der Waals surface area contributed by atoms with E-state index in [0.717, 1.165) is 0 Å². The maximum Gasteiger partial charge on any atom is 0.350 e. The molecule has 0 spiro atoms. The molecule has 2 unspecified atom stereocenters. The van der Waals surface area contributed by atoms with E-state index in [-0.39, 0.29) is 10.9 Å². The summed E-state index contributed by atoms with van der Waals surface area (Å²) < 4.78 is 22.0. The Morgan fingerprint density at radius 3 is 2.16 bits per heavy atom. The van der Waals surface area contributed by atoms with Crippen LogP contribution in [0.2, 0.25) is 20.1 Å². The van der Waals surface area contributed by atoms with Gasteiger partial charge in [-0.2, -0.15) is 0 Å². The fourth-order valence-electron chi connectivity index (χ4n) is 2.46. The van der Waals surface area contributed by atoms with Crippen LogP contribution in [0, 0.1) is 0 Å². The van der Waals surface area contributed by atoms with Crippen molar-refractivity contribution in [2.75, 3.05) is 0 Å². The molecule has 3 aromatic rings. The van der Waals surface area contributed by atoms with Crippen LogP contribution in [-0.4, -0.2) is 23.3 Å². The van der Waals surface area contributed by atoms with Crippen molar-refractivity contribution in [3.8, 4) is 23.1 Å². The van der Waals surface area contributed by atoms with E-state index in [0.29, 0.717) is 32.3 Å². The quantitative estimate of drug-likeness (QED) is 0.232. The minimum absolute atomic E-state index is 0.219. The molecule has 32 heavy (non-hydrogen) atoms. The molecule has 0 aliphatic carbocycles. The van der Waals surface area contributed by atoms with Gasteiger partial charge in [-0.1, -0.05) is 46.4 Å². The Bertz CT molecular complexity index is 1090. The molecular formula is C22H17Cl4NO5. The van der Waals surface area contributed by atoms with Crippen LogP contribution in [0.15, 0.2) is 54.7 Å². The van der Waals surface area contributed by atoms with Crippen LogP contribution in [0.3, 0.4) is 0 Å². The zero-order valence-electron chi connectivity index (χ0n) is 16.9. The molecule has 0 saturated heterocycles. The molecule has 0 bridgehead atoms. The molecule has 0 fully saturated rings. The van der Waals surface area contributed by atoms with Crippen LogP contribution in [0.5, 0.6) is 23.1 Å². The lowest BCUT2D eigenvalue weighted by Crippen LogP contribution is -2.31. The number of rotatable bonds is 8. The topological polar surface area (TPSA) is 66.9 Å². The van der Waals surface area contributed by atoms with E-state index < -0.39 is 18.4 Å². The number of esters is 1. The lowest BCUT2D eigenvalue weighted by Gasteiger charge is -2.19. The highest BCUT2D eigenvalue weighted by Gasteiger charge is 2.20. The molecule has 2 atom stereocenters. The Labute approximate surface area is 204 Å². The van der Waals surface area contributed by atoms with Gasteiger partial charge in [0.2, 0.25) is 12.2 Å². The van der Waals surface area contributed by atoms with Crippen molar-refractivity contribution < 1.29 is 23.7 Å². The highest BCUT2D eigenvalue weighted by Crippen LogP contribution is 2.30. The van der Waals surface area contributed by atoms with E-state index in [2.05, 4.69) is 4.98 Å². The molecule has 0 aliphatic rings. The molecule has 2 aromatic carbocycles. The summed E-state index contributed by atoms with van der Waals surface area (Å²) in [7, 11) is 0. The molecule has 0 N–H and O–H groups in total. The van der Waals surface area contributed by atoms with Crippen LogP contribution >= 0.6 is 46.4 Å². The number of carbonyl (C=O) groups excluding carboxylic acids is 1. The molecule has 6 nitrogen and oxygen atoms in total. The summed E-state index contributed by atoms with van der Waals surface area (Å²) in [6, 6.07) is 12.8. The Balaban J connectivity index is 1.53. The van der Waals surface area contributed by atoms with Crippen molar-refractivity contribution in [2.45, 2.75) is 26.2 Å². The van der Waals surface area contributed by atoms with Crippen LogP contribution in [0.25, 0.3) is 0 Å². The van der Waals surface area contributed by atoms with Gasteiger partial charge in [-0.3, -0.25) is 0 Å². The van der Waals surface area contributed by atoms with E-state index in [1.54, 1.807) is 50.2 Å². The van der Waals surface area contributed by atoms with Crippen molar-refractivity contribution >= 4 is 52.4 Å². The number of carbonyl (C=O) groups is 1. The first kappa shape index (κ1) is 24.3. The fourth-order valence-corrected chi connectivity index (χ4v) is 3.33. The third kappa shape index (κ3) is 6.81. The van der Waals surface area contributed by atoms with Gasteiger partial charge < -0.3 is 18.9 Å². The predicted molar refractivity (Wildman–Crippen MR) is 124 cm³/mol. The van der Waals surface area contributed by atoms with Gasteiger partial charge in [0.05, 0.1) is 10.0 Å². The van der Waals surface area contributed by atoms with Gasteiger partial charge in [0, 0.05) is 18.1 Å². The number of hydrogen-bond acceptors (Lipinski definition) is 6. The number of halogens is 4. The van der Waals surface area contributed by atoms with Gasteiger partial charge in [-0.25, -0.2) is 9.78 Å². The van der Waals surface area contributed by atoms with E-state index >= 15 is 0 Å². The predicted octanol–water partition coefficient (Wildman–Crippen LogP) is 7.22. The molecule has 0 saturated carbocycles.